The zero-order chi connectivity index (χ0) is 12.7. The molecule has 0 fully saturated rings. The summed E-state index contributed by atoms with van der Waals surface area (Å²) in [6.45, 7) is 8.84. The van der Waals surface area contributed by atoms with Crippen molar-refractivity contribution in [2.24, 2.45) is 5.41 Å². The molecule has 0 atom stereocenters. The first-order valence-corrected chi connectivity index (χ1v) is 6.42. The number of hydrogen-bond donors (Lipinski definition) is 1. The van der Waals surface area contributed by atoms with Crippen molar-refractivity contribution in [1.29, 1.82) is 0 Å². The molecule has 0 aromatic heterocycles. The molecule has 0 heterocycles. The minimum atomic E-state index is -0.160. The van der Waals surface area contributed by atoms with E-state index in [0.717, 1.165) is 19.5 Å². The second kappa shape index (κ2) is 6.75. The molecule has 2 heteroatoms. The highest BCUT2D eigenvalue weighted by molar-refractivity contribution is 5.16. The molecule has 0 aliphatic rings. The fourth-order valence-corrected chi connectivity index (χ4v) is 1.75. The summed E-state index contributed by atoms with van der Waals surface area (Å²) in [6, 6.07) is 6.75. The molecule has 1 N–H and O–H groups in total. The van der Waals surface area contributed by atoms with Crippen LogP contribution >= 0.6 is 0 Å². The summed E-state index contributed by atoms with van der Waals surface area (Å²) in [4.78, 5) is 0. The maximum atomic E-state index is 12.7. The Morgan fingerprint density at radius 2 is 1.71 bits per heavy atom. The van der Waals surface area contributed by atoms with E-state index in [-0.39, 0.29) is 5.82 Å². The van der Waals surface area contributed by atoms with Crippen LogP contribution < -0.4 is 5.32 Å². The first-order chi connectivity index (χ1) is 7.97. The van der Waals surface area contributed by atoms with Gasteiger partial charge in [-0.05, 0) is 55.5 Å². The summed E-state index contributed by atoms with van der Waals surface area (Å²) in [7, 11) is 0. The summed E-state index contributed by atoms with van der Waals surface area (Å²) in [6.07, 6.45) is 3.43. The molecule has 0 saturated carbocycles. The van der Waals surface area contributed by atoms with Crippen molar-refractivity contribution in [2.45, 2.75) is 40.0 Å². The van der Waals surface area contributed by atoms with Crippen molar-refractivity contribution in [2.75, 3.05) is 13.1 Å². The van der Waals surface area contributed by atoms with Crippen molar-refractivity contribution >= 4 is 0 Å². The van der Waals surface area contributed by atoms with Crippen LogP contribution in [0.25, 0.3) is 0 Å². The van der Waals surface area contributed by atoms with Crippen molar-refractivity contribution in [3.05, 3.63) is 35.6 Å². The zero-order valence-electron chi connectivity index (χ0n) is 11.2. The van der Waals surface area contributed by atoms with E-state index >= 15 is 0 Å². The van der Waals surface area contributed by atoms with E-state index in [4.69, 9.17) is 0 Å². The lowest BCUT2D eigenvalue weighted by atomic mass is 9.91. The average Bonchev–Trinajstić information content (AvgIpc) is 2.24. The van der Waals surface area contributed by atoms with E-state index in [1.807, 2.05) is 12.1 Å². The lowest BCUT2D eigenvalue weighted by Gasteiger charge is -2.17. The zero-order valence-corrected chi connectivity index (χ0v) is 11.2. The molecule has 0 aliphatic heterocycles. The third-order valence-corrected chi connectivity index (χ3v) is 2.78. The maximum Gasteiger partial charge on any atom is 0.123 e. The lowest BCUT2D eigenvalue weighted by Crippen LogP contribution is -2.20. The van der Waals surface area contributed by atoms with E-state index in [0.29, 0.717) is 5.41 Å². The van der Waals surface area contributed by atoms with Gasteiger partial charge in [0.05, 0.1) is 0 Å². The van der Waals surface area contributed by atoms with Gasteiger partial charge >= 0.3 is 0 Å². The molecule has 1 aromatic carbocycles. The number of nitrogens with one attached hydrogen (secondary N) is 1. The van der Waals surface area contributed by atoms with Crippen molar-refractivity contribution in [3.63, 3.8) is 0 Å². The minimum absolute atomic E-state index is 0.160. The van der Waals surface area contributed by atoms with Crippen molar-refractivity contribution < 1.29 is 4.39 Å². The molecule has 0 aliphatic carbocycles. The first kappa shape index (κ1) is 14.2. The highest BCUT2D eigenvalue weighted by Gasteiger charge is 2.08. The highest BCUT2D eigenvalue weighted by Crippen LogP contribution is 2.19. The van der Waals surface area contributed by atoms with Crippen molar-refractivity contribution in [1.82, 2.24) is 5.32 Å². The predicted molar refractivity (Wildman–Crippen MR) is 71.7 cm³/mol. The molecule has 1 nitrogen and oxygen atoms in total. The van der Waals surface area contributed by atoms with Crippen LogP contribution in [0.2, 0.25) is 0 Å². The Morgan fingerprint density at radius 1 is 1.06 bits per heavy atom. The number of halogens is 1. The van der Waals surface area contributed by atoms with Gasteiger partial charge in [-0.15, -0.1) is 0 Å². The van der Waals surface area contributed by atoms with Crippen LogP contribution in [0.3, 0.4) is 0 Å². The van der Waals surface area contributed by atoms with E-state index in [2.05, 4.69) is 26.1 Å². The van der Waals surface area contributed by atoms with Gasteiger partial charge < -0.3 is 5.32 Å². The summed E-state index contributed by atoms with van der Waals surface area (Å²) < 4.78 is 12.7. The van der Waals surface area contributed by atoms with Crippen LogP contribution in [0.1, 0.15) is 39.2 Å². The molecule has 0 amide bonds. The summed E-state index contributed by atoms with van der Waals surface area (Å²) in [5, 5.41) is 3.43. The van der Waals surface area contributed by atoms with Gasteiger partial charge in [0.15, 0.2) is 0 Å². The largest absolute Gasteiger partial charge is 0.316 e. The monoisotopic (exact) mass is 237 g/mol. The SMILES string of the molecule is CC(C)(C)CCCNCCc1ccc(F)cc1. The van der Waals surface area contributed by atoms with Crippen LogP contribution in [0.5, 0.6) is 0 Å². The molecule has 0 radical (unpaired) electrons. The Hall–Kier alpha value is -0.890. The van der Waals surface area contributed by atoms with Gasteiger partial charge in [-0.1, -0.05) is 32.9 Å². The normalized spacial score (nSPS) is 11.8. The van der Waals surface area contributed by atoms with Gasteiger partial charge in [-0.25, -0.2) is 4.39 Å². The number of hydrogen-bond acceptors (Lipinski definition) is 1. The quantitative estimate of drug-likeness (QED) is 0.742. The molecule has 0 spiro atoms. The molecule has 0 saturated heterocycles. The molecule has 17 heavy (non-hydrogen) atoms. The van der Waals surface area contributed by atoms with E-state index in [1.54, 1.807) is 0 Å². The lowest BCUT2D eigenvalue weighted by molar-refractivity contribution is 0.361. The molecular weight excluding hydrogens is 213 g/mol. The Balaban J connectivity index is 2.07. The van der Waals surface area contributed by atoms with Gasteiger partial charge in [0.1, 0.15) is 5.82 Å². The van der Waals surface area contributed by atoms with Crippen LogP contribution in [0, 0.1) is 11.2 Å². The van der Waals surface area contributed by atoms with Gasteiger partial charge in [0.2, 0.25) is 0 Å². The average molecular weight is 237 g/mol. The fraction of sp³-hybridized carbons (Fsp3) is 0.600. The predicted octanol–water partition coefficient (Wildman–Crippen LogP) is 3.78. The standard InChI is InChI=1S/C15H24FN/c1-15(2,3)10-4-11-17-12-9-13-5-7-14(16)8-6-13/h5-8,17H,4,9-12H2,1-3H3. The molecule has 1 rings (SSSR count). The minimum Gasteiger partial charge on any atom is -0.316 e. The second-order valence-electron chi connectivity index (χ2n) is 5.79. The smallest absolute Gasteiger partial charge is 0.123 e. The fourth-order valence-electron chi connectivity index (χ4n) is 1.75. The van der Waals surface area contributed by atoms with Crippen LogP contribution in [0.4, 0.5) is 4.39 Å². The topological polar surface area (TPSA) is 12.0 Å². The van der Waals surface area contributed by atoms with Gasteiger partial charge in [-0.3, -0.25) is 0 Å². The Labute approximate surface area is 104 Å². The Bertz CT molecular complexity index is 311. The van der Waals surface area contributed by atoms with Crippen LogP contribution in [-0.2, 0) is 6.42 Å². The summed E-state index contributed by atoms with van der Waals surface area (Å²) >= 11 is 0. The van der Waals surface area contributed by atoms with E-state index in [9.17, 15) is 4.39 Å². The first-order valence-electron chi connectivity index (χ1n) is 6.42. The van der Waals surface area contributed by atoms with Gasteiger partial charge in [0, 0.05) is 0 Å². The van der Waals surface area contributed by atoms with Gasteiger partial charge in [0.25, 0.3) is 0 Å². The Morgan fingerprint density at radius 3 is 2.29 bits per heavy atom. The van der Waals surface area contributed by atoms with Crippen LogP contribution in [-0.4, -0.2) is 13.1 Å². The second-order valence-corrected chi connectivity index (χ2v) is 5.79. The summed E-state index contributed by atoms with van der Waals surface area (Å²) in [5.41, 5.74) is 1.62. The molecular formula is C15H24FN. The van der Waals surface area contributed by atoms with E-state index < -0.39 is 0 Å². The highest BCUT2D eigenvalue weighted by atomic mass is 19.1. The molecule has 0 unspecified atom stereocenters. The van der Waals surface area contributed by atoms with E-state index in [1.165, 1.54) is 30.5 Å². The molecule has 96 valence electrons. The maximum absolute atomic E-state index is 12.7. The third-order valence-electron chi connectivity index (χ3n) is 2.78. The van der Waals surface area contributed by atoms with Gasteiger partial charge in [-0.2, -0.15) is 0 Å². The summed E-state index contributed by atoms with van der Waals surface area (Å²) in [5.74, 6) is -0.160. The molecule has 0 bridgehead atoms. The Kier molecular flexibility index (Phi) is 5.63. The van der Waals surface area contributed by atoms with Crippen molar-refractivity contribution in [3.8, 4) is 0 Å². The van der Waals surface area contributed by atoms with Crippen LogP contribution in [0.15, 0.2) is 24.3 Å². The number of rotatable bonds is 6. The third kappa shape index (κ3) is 7.11. The number of benzene rings is 1. The molecule has 1 aromatic rings.